The van der Waals surface area contributed by atoms with Crippen LogP contribution in [0.5, 0.6) is 5.75 Å². The molecule has 0 saturated heterocycles. The van der Waals surface area contributed by atoms with Crippen molar-refractivity contribution in [3.05, 3.63) is 87.3 Å². The van der Waals surface area contributed by atoms with E-state index >= 15 is 0 Å². The van der Waals surface area contributed by atoms with Crippen molar-refractivity contribution in [3.8, 4) is 5.75 Å². The number of fused-ring (bicyclic) bond motifs is 2. The first kappa shape index (κ1) is 19.6. The van der Waals surface area contributed by atoms with Crippen LogP contribution in [0.15, 0.2) is 86.8 Å². The van der Waals surface area contributed by atoms with E-state index in [1.54, 1.807) is 6.21 Å². The van der Waals surface area contributed by atoms with Gasteiger partial charge in [-0.15, -0.1) is 0 Å². The molecule has 0 fully saturated rings. The molecule has 144 valence electrons. The minimum atomic E-state index is -0.329. The summed E-state index contributed by atoms with van der Waals surface area (Å²) in [5.41, 5.74) is 3.41. The van der Waals surface area contributed by atoms with Gasteiger partial charge in [-0.2, -0.15) is 5.10 Å². The first-order valence-electron chi connectivity index (χ1n) is 8.91. The van der Waals surface area contributed by atoms with Crippen molar-refractivity contribution in [2.75, 3.05) is 6.61 Å². The fourth-order valence-electron chi connectivity index (χ4n) is 3.00. The Bertz CT molecular complexity index is 1240. The Morgan fingerprint density at radius 2 is 1.72 bits per heavy atom. The van der Waals surface area contributed by atoms with Gasteiger partial charge in [0.05, 0.1) is 10.7 Å². The fourth-order valence-corrected chi connectivity index (χ4v) is 3.98. The number of nitrogens with one attached hydrogen (secondary N) is 1. The van der Waals surface area contributed by atoms with Gasteiger partial charge < -0.3 is 4.74 Å². The van der Waals surface area contributed by atoms with Crippen LogP contribution in [0.25, 0.3) is 21.5 Å². The number of carbonyl (C=O) groups is 1. The molecular formula is C23H16Br2N2O2. The first-order chi connectivity index (χ1) is 14.1. The first-order valence-corrected chi connectivity index (χ1v) is 10.5. The molecule has 0 unspecified atom stereocenters. The summed E-state index contributed by atoms with van der Waals surface area (Å²) >= 11 is 7.02. The zero-order valence-corrected chi connectivity index (χ0v) is 18.4. The smallest absolute Gasteiger partial charge is 0.277 e. The Balaban J connectivity index is 1.37. The molecule has 4 aromatic rings. The lowest BCUT2D eigenvalue weighted by Gasteiger charge is -2.10. The molecule has 4 rings (SSSR count). The largest absolute Gasteiger partial charge is 0.483 e. The van der Waals surface area contributed by atoms with Crippen LogP contribution in [0.2, 0.25) is 0 Å². The lowest BCUT2D eigenvalue weighted by Crippen LogP contribution is -2.24. The molecule has 1 amide bonds. The van der Waals surface area contributed by atoms with Gasteiger partial charge in [0.1, 0.15) is 5.75 Å². The SMILES string of the molecule is O=C(COc1ccc2cc(Br)ccc2c1Br)NN=Cc1ccc2ccccc2c1. The van der Waals surface area contributed by atoms with Gasteiger partial charge in [-0.25, -0.2) is 5.43 Å². The van der Waals surface area contributed by atoms with Crippen LogP contribution < -0.4 is 10.2 Å². The van der Waals surface area contributed by atoms with Gasteiger partial charge in [0.2, 0.25) is 0 Å². The molecule has 0 radical (unpaired) electrons. The van der Waals surface area contributed by atoms with Crippen LogP contribution in [0.4, 0.5) is 0 Å². The topological polar surface area (TPSA) is 50.7 Å². The van der Waals surface area contributed by atoms with E-state index in [4.69, 9.17) is 4.74 Å². The van der Waals surface area contributed by atoms with Crippen molar-refractivity contribution in [2.45, 2.75) is 0 Å². The van der Waals surface area contributed by atoms with Gasteiger partial charge in [0.15, 0.2) is 6.61 Å². The molecule has 29 heavy (non-hydrogen) atoms. The maximum Gasteiger partial charge on any atom is 0.277 e. The van der Waals surface area contributed by atoms with Crippen molar-refractivity contribution < 1.29 is 9.53 Å². The Morgan fingerprint density at radius 1 is 0.931 bits per heavy atom. The third-order valence-corrected chi connectivity index (χ3v) is 5.73. The van der Waals surface area contributed by atoms with Gasteiger partial charge in [0.25, 0.3) is 5.91 Å². The monoisotopic (exact) mass is 510 g/mol. The van der Waals surface area contributed by atoms with Gasteiger partial charge in [0, 0.05) is 4.47 Å². The second-order valence-electron chi connectivity index (χ2n) is 6.43. The Kier molecular flexibility index (Phi) is 5.92. The highest BCUT2D eigenvalue weighted by Crippen LogP contribution is 2.34. The minimum absolute atomic E-state index is 0.129. The number of ether oxygens (including phenoxy) is 1. The van der Waals surface area contributed by atoms with Crippen molar-refractivity contribution >= 4 is 65.5 Å². The minimum Gasteiger partial charge on any atom is -0.483 e. The Labute approximate surface area is 184 Å². The molecule has 6 heteroatoms. The summed E-state index contributed by atoms with van der Waals surface area (Å²) in [6.07, 6.45) is 1.62. The van der Waals surface area contributed by atoms with E-state index in [2.05, 4.69) is 48.5 Å². The van der Waals surface area contributed by atoms with E-state index in [-0.39, 0.29) is 12.5 Å². The lowest BCUT2D eigenvalue weighted by molar-refractivity contribution is -0.123. The molecule has 0 spiro atoms. The van der Waals surface area contributed by atoms with E-state index in [0.717, 1.165) is 36.1 Å². The Hall–Kier alpha value is -2.70. The number of rotatable bonds is 5. The maximum atomic E-state index is 12.1. The number of hydrogen-bond donors (Lipinski definition) is 1. The van der Waals surface area contributed by atoms with Gasteiger partial charge in [-0.3, -0.25) is 4.79 Å². The van der Waals surface area contributed by atoms with E-state index in [1.807, 2.05) is 66.7 Å². The summed E-state index contributed by atoms with van der Waals surface area (Å²) in [4.78, 5) is 12.1. The number of hydrogen-bond acceptors (Lipinski definition) is 3. The van der Waals surface area contributed by atoms with Crippen LogP contribution in [0, 0.1) is 0 Å². The second-order valence-corrected chi connectivity index (χ2v) is 8.14. The molecular weight excluding hydrogens is 496 g/mol. The summed E-state index contributed by atoms with van der Waals surface area (Å²) < 4.78 is 7.48. The number of hydrazone groups is 1. The average molecular weight is 512 g/mol. The standard InChI is InChI=1S/C23H16Br2N2O2/c24-19-8-9-20-18(12-19)7-10-21(23(20)25)29-14-22(28)27-26-13-15-5-6-16-3-1-2-4-17(16)11-15/h1-13H,14H2,(H,27,28). The molecule has 0 atom stereocenters. The molecule has 0 aliphatic rings. The van der Waals surface area contributed by atoms with Gasteiger partial charge in [-0.05, 0) is 67.3 Å². The van der Waals surface area contributed by atoms with E-state index in [0.29, 0.717) is 5.75 Å². The second kappa shape index (κ2) is 8.76. The number of benzene rings is 4. The number of amides is 1. The molecule has 0 bridgehead atoms. The van der Waals surface area contributed by atoms with Crippen LogP contribution in [0.1, 0.15) is 5.56 Å². The van der Waals surface area contributed by atoms with Gasteiger partial charge in [-0.1, -0.05) is 64.5 Å². The highest BCUT2D eigenvalue weighted by molar-refractivity contribution is 9.11. The number of nitrogens with zero attached hydrogens (tertiary/aromatic N) is 1. The molecule has 4 aromatic carbocycles. The van der Waals surface area contributed by atoms with E-state index in [9.17, 15) is 4.79 Å². The van der Waals surface area contributed by atoms with Crippen LogP contribution >= 0.6 is 31.9 Å². The van der Waals surface area contributed by atoms with Crippen molar-refractivity contribution in [3.63, 3.8) is 0 Å². The predicted octanol–water partition coefficient (Wildman–Crippen LogP) is 6.05. The third kappa shape index (κ3) is 4.66. The molecule has 0 saturated carbocycles. The lowest BCUT2D eigenvalue weighted by atomic mass is 10.1. The maximum absolute atomic E-state index is 12.1. The summed E-state index contributed by atoms with van der Waals surface area (Å²) in [5.74, 6) is 0.276. The third-order valence-electron chi connectivity index (χ3n) is 4.42. The van der Waals surface area contributed by atoms with Crippen LogP contribution in [-0.2, 0) is 4.79 Å². The zero-order valence-electron chi connectivity index (χ0n) is 15.2. The number of halogens is 2. The normalized spacial score (nSPS) is 11.2. The summed E-state index contributed by atoms with van der Waals surface area (Å²) in [6.45, 7) is -0.129. The average Bonchev–Trinajstić information content (AvgIpc) is 2.73. The van der Waals surface area contributed by atoms with Crippen molar-refractivity contribution in [1.29, 1.82) is 0 Å². The van der Waals surface area contributed by atoms with Crippen LogP contribution in [0.3, 0.4) is 0 Å². The van der Waals surface area contributed by atoms with E-state index < -0.39 is 0 Å². The molecule has 0 aliphatic heterocycles. The summed E-state index contributed by atoms with van der Waals surface area (Å²) in [5, 5.41) is 8.39. The molecule has 1 N–H and O–H groups in total. The van der Waals surface area contributed by atoms with Gasteiger partial charge >= 0.3 is 0 Å². The molecule has 0 aromatic heterocycles. The molecule has 0 heterocycles. The van der Waals surface area contributed by atoms with Crippen LogP contribution in [-0.4, -0.2) is 18.7 Å². The van der Waals surface area contributed by atoms with Crippen molar-refractivity contribution in [2.24, 2.45) is 5.10 Å². The highest BCUT2D eigenvalue weighted by Gasteiger charge is 2.09. The van der Waals surface area contributed by atoms with E-state index in [1.165, 1.54) is 0 Å². The molecule has 4 nitrogen and oxygen atoms in total. The summed E-state index contributed by atoms with van der Waals surface area (Å²) in [6, 6.07) is 23.9. The Morgan fingerprint density at radius 3 is 2.59 bits per heavy atom. The zero-order chi connectivity index (χ0) is 20.2. The quantitative estimate of drug-likeness (QED) is 0.262. The fraction of sp³-hybridized carbons (Fsp3) is 0.0435. The summed E-state index contributed by atoms with van der Waals surface area (Å²) in [7, 11) is 0. The highest BCUT2D eigenvalue weighted by atomic mass is 79.9. The number of carbonyl (C=O) groups excluding carboxylic acids is 1. The molecule has 0 aliphatic carbocycles. The predicted molar refractivity (Wildman–Crippen MR) is 125 cm³/mol. The van der Waals surface area contributed by atoms with Crippen molar-refractivity contribution in [1.82, 2.24) is 5.43 Å².